The van der Waals surface area contributed by atoms with Gasteiger partial charge in [0.1, 0.15) is 0 Å². The number of carbonyl (C=O) groups excluding carboxylic acids is 1. The number of halogens is 1. The number of hydrogen-bond acceptors (Lipinski definition) is 2. The Balaban J connectivity index is 2.24. The molecule has 1 aromatic heterocycles. The lowest BCUT2D eigenvalue weighted by Crippen LogP contribution is -2.05. The molecule has 0 N–H and O–H groups in total. The van der Waals surface area contributed by atoms with Crippen molar-refractivity contribution in [2.24, 2.45) is 0 Å². The molecule has 84 valence electrons. The first kappa shape index (κ1) is 11.0. The summed E-state index contributed by atoms with van der Waals surface area (Å²) in [5.41, 5.74) is 1.04. The highest BCUT2D eigenvalue weighted by molar-refractivity contribution is 6.31. The zero-order chi connectivity index (χ0) is 11.5. The van der Waals surface area contributed by atoms with Gasteiger partial charge in [-0.2, -0.15) is 0 Å². The van der Waals surface area contributed by atoms with Gasteiger partial charge in [-0.3, -0.25) is 4.79 Å². The normalized spacial score (nSPS) is 10.6. The lowest BCUT2D eigenvalue weighted by atomic mass is 10.2. The third-order valence-electron chi connectivity index (χ3n) is 2.52. The second kappa shape index (κ2) is 4.58. The average Bonchev–Trinajstić information content (AvgIpc) is 2.68. The van der Waals surface area contributed by atoms with Crippen LogP contribution in [0.1, 0.15) is 6.42 Å². The minimum Gasteiger partial charge on any atom is -0.469 e. The molecule has 1 aromatic carbocycles. The number of hydrogen-bond donors (Lipinski definition) is 0. The van der Waals surface area contributed by atoms with Gasteiger partial charge < -0.3 is 9.30 Å². The van der Waals surface area contributed by atoms with Crippen LogP contribution in [0.5, 0.6) is 0 Å². The standard InChI is InChI=1S/C12H12ClNO2/c1-16-12(15)5-7-14-6-4-9-2-3-10(13)8-11(9)14/h2-4,6,8H,5,7H2,1H3. The van der Waals surface area contributed by atoms with Crippen LogP contribution in [-0.2, 0) is 16.1 Å². The Morgan fingerprint density at radius 2 is 2.25 bits per heavy atom. The number of aromatic nitrogens is 1. The molecule has 0 amide bonds. The highest BCUT2D eigenvalue weighted by Gasteiger charge is 2.04. The maximum Gasteiger partial charge on any atom is 0.307 e. The number of fused-ring (bicyclic) bond motifs is 1. The summed E-state index contributed by atoms with van der Waals surface area (Å²) >= 11 is 5.93. The predicted octanol–water partition coefficient (Wildman–Crippen LogP) is 2.86. The molecule has 3 nitrogen and oxygen atoms in total. The molecule has 0 aliphatic carbocycles. The quantitative estimate of drug-likeness (QED) is 0.769. The molecule has 2 aromatic rings. The van der Waals surface area contributed by atoms with E-state index in [0.717, 1.165) is 10.9 Å². The lowest BCUT2D eigenvalue weighted by Gasteiger charge is -2.04. The second-order valence-corrected chi connectivity index (χ2v) is 3.97. The summed E-state index contributed by atoms with van der Waals surface area (Å²) in [5, 5.41) is 1.82. The van der Waals surface area contributed by atoms with Gasteiger partial charge in [0.05, 0.1) is 13.5 Å². The summed E-state index contributed by atoms with van der Waals surface area (Å²) in [4.78, 5) is 11.0. The van der Waals surface area contributed by atoms with E-state index < -0.39 is 0 Å². The molecule has 0 saturated carbocycles. The number of esters is 1. The van der Waals surface area contributed by atoms with Gasteiger partial charge in [-0.15, -0.1) is 0 Å². The van der Waals surface area contributed by atoms with Crippen molar-refractivity contribution in [1.82, 2.24) is 4.57 Å². The molecule has 0 fully saturated rings. The molecule has 1 heterocycles. The Labute approximate surface area is 98.6 Å². The minimum absolute atomic E-state index is 0.205. The number of ether oxygens (including phenoxy) is 1. The highest BCUT2D eigenvalue weighted by atomic mass is 35.5. The van der Waals surface area contributed by atoms with Crippen LogP contribution in [0.4, 0.5) is 0 Å². The molecular weight excluding hydrogens is 226 g/mol. The lowest BCUT2D eigenvalue weighted by molar-refractivity contribution is -0.140. The van der Waals surface area contributed by atoms with Crippen LogP contribution in [0.2, 0.25) is 5.02 Å². The van der Waals surface area contributed by atoms with Gasteiger partial charge in [-0.1, -0.05) is 17.7 Å². The number of methoxy groups -OCH3 is 1. The van der Waals surface area contributed by atoms with Gasteiger partial charge >= 0.3 is 5.97 Å². The fourth-order valence-corrected chi connectivity index (χ4v) is 1.83. The average molecular weight is 238 g/mol. The van der Waals surface area contributed by atoms with Crippen molar-refractivity contribution in [3.8, 4) is 0 Å². The van der Waals surface area contributed by atoms with E-state index >= 15 is 0 Å². The summed E-state index contributed by atoms with van der Waals surface area (Å²) in [6, 6.07) is 7.72. The molecule has 0 atom stereocenters. The Hall–Kier alpha value is -1.48. The topological polar surface area (TPSA) is 31.2 Å². The summed E-state index contributed by atoms with van der Waals surface area (Å²) in [5.74, 6) is -0.205. The van der Waals surface area contributed by atoms with Crippen LogP contribution in [0, 0.1) is 0 Å². The summed E-state index contributed by atoms with van der Waals surface area (Å²) in [7, 11) is 1.40. The minimum atomic E-state index is -0.205. The highest BCUT2D eigenvalue weighted by Crippen LogP contribution is 2.20. The maximum atomic E-state index is 11.0. The van der Waals surface area contributed by atoms with Crippen LogP contribution in [0.3, 0.4) is 0 Å². The summed E-state index contributed by atoms with van der Waals surface area (Å²) < 4.78 is 6.60. The Morgan fingerprint density at radius 3 is 3.00 bits per heavy atom. The van der Waals surface area contributed by atoms with Gasteiger partial charge in [-0.25, -0.2) is 0 Å². The van der Waals surface area contributed by atoms with Gasteiger partial charge in [0.2, 0.25) is 0 Å². The molecule has 0 bridgehead atoms. The number of rotatable bonds is 3. The van der Waals surface area contributed by atoms with Crippen molar-refractivity contribution in [3.63, 3.8) is 0 Å². The van der Waals surface area contributed by atoms with E-state index in [4.69, 9.17) is 11.6 Å². The first-order valence-corrected chi connectivity index (χ1v) is 5.40. The number of nitrogens with zero attached hydrogens (tertiary/aromatic N) is 1. The molecule has 0 aliphatic rings. The SMILES string of the molecule is COC(=O)CCn1ccc2ccc(Cl)cc21. The number of aryl methyl sites for hydroxylation is 1. The third kappa shape index (κ3) is 2.19. The molecule has 0 radical (unpaired) electrons. The van der Waals surface area contributed by atoms with Crippen molar-refractivity contribution >= 4 is 28.5 Å². The van der Waals surface area contributed by atoms with E-state index in [1.165, 1.54) is 7.11 Å². The van der Waals surface area contributed by atoms with Crippen LogP contribution < -0.4 is 0 Å². The zero-order valence-corrected chi connectivity index (χ0v) is 9.70. The van der Waals surface area contributed by atoms with Crippen molar-refractivity contribution in [3.05, 3.63) is 35.5 Å². The van der Waals surface area contributed by atoms with Crippen LogP contribution in [-0.4, -0.2) is 17.6 Å². The number of benzene rings is 1. The van der Waals surface area contributed by atoms with E-state index in [1.54, 1.807) is 0 Å². The van der Waals surface area contributed by atoms with E-state index in [0.29, 0.717) is 18.0 Å². The van der Waals surface area contributed by atoms with Gasteiger partial charge in [-0.05, 0) is 23.6 Å². The van der Waals surface area contributed by atoms with E-state index in [-0.39, 0.29) is 5.97 Å². The second-order valence-electron chi connectivity index (χ2n) is 3.54. The summed E-state index contributed by atoms with van der Waals surface area (Å²) in [6.07, 6.45) is 2.32. The zero-order valence-electron chi connectivity index (χ0n) is 8.94. The van der Waals surface area contributed by atoms with Crippen molar-refractivity contribution in [2.45, 2.75) is 13.0 Å². The Bertz CT molecular complexity index is 519. The van der Waals surface area contributed by atoms with Gasteiger partial charge in [0, 0.05) is 23.3 Å². The molecule has 0 unspecified atom stereocenters. The molecule has 16 heavy (non-hydrogen) atoms. The van der Waals surface area contributed by atoms with Crippen molar-refractivity contribution < 1.29 is 9.53 Å². The first-order chi connectivity index (χ1) is 7.70. The van der Waals surface area contributed by atoms with Crippen molar-refractivity contribution in [2.75, 3.05) is 7.11 Å². The monoisotopic (exact) mass is 237 g/mol. The fraction of sp³-hybridized carbons (Fsp3) is 0.250. The maximum absolute atomic E-state index is 11.0. The van der Waals surface area contributed by atoms with Crippen LogP contribution in [0.25, 0.3) is 10.9 Å². The van der Waals surface area contributed by atoms with Gasteiger partial charge in [0.15, 0.2) is 0 Å². The smallest absolute Gasteiger partial charge is 0.307 e. The van der Waals surface area contributed by atoms with Crippen LogP contribution in [0.15, 0.2) is 30.5 Å². The molecule has 2 rings (SSSR count). The molecular formula is C12H12ClNO2. The predicted molar refractivity (Wildman–Crippen MR) is 63.6 cm³/mol. The van der Waals surface area contributed by atoms with Crippen LogP contribution >= 0.6 is 11.6 Å². The van der Waals surface area contributed by atoms with Gasteiger partial charge in [0.25, 0.3) is 0 Å². The first-order valence-electron chi connectivity index (χ1n) is 5.02. The van der Waals surface area contributed by atoms with E-state index in [2.05, 4.69) is 4.74 Å². The Morgan fingerprint density at radius 1 is 1.44 bits per heavy atom. The molecule has 4 heteroatoms. The van der Waals surface area contributed by atoms with E-state index in [1.807, 2.05) is 35.0 Å². The third-order valence-corrected chi connectivity index (χ3v) is 2.76. The Kier molecular flexibility index (Phi) is 3.15. The molecule has 0 aliphatic heterocycles. The fourth-order valence-electron chi connectivity index (χ4n) is 1.67. The number of carbonyl (C=O) groups is 1. The largest absolute Gasteiger partial charge is 0.469 e. The molecule has 0 saturated heterocycles. The van der Waals surface area contributed by atoms with Crippen molar-refractivity contribution in [1.29, 1.82) is 0 Å². The molecule has 0 spiro atoms. The van der Waals surface area contributed by atoms with E-state index in [9.17, 15) is 4.79 Å². The summed E-state index contributed by atoms with van der Waals surface area (Å²) in [6.45, 7) is 0.608.